The predicted octanol–water partition coefficient (Wildman–Crippen LogP) is 4.05. The highest BCUT2D eigenvalue weighted by molar-refractivity contribution is 8.01. The van der Waals surface area contributed by atoms with Gasteiger partial charge in [0, 0.05) is 33.6 Å². The maximum atomic E-state index is 12.9. The van der Waals surface area contributed by atoms with Gasteiger partial charge in [0.2, 0.25) is 18.5 Å². The van der Waals surface area contributed by atoms with Crippen LogP contribution < -0.4 is 14.8 Å². The first-order valence-corrected chi connectivity index (χ1v) is 11.6. The van der Waals surface area contributed by atoms with Gasteiger partial charge in [0.1, 0.15) is 0 Å². The van der Waals surface area contributed by atoms with Crippen LogP contribution >= 0.6 is 11.8 Å². The van der Waals surface area contributed by atoms with Crippen molar-refractivity contribution in [3.63, 3.8) is 0 Å². The second kappa shape index (κ2) is 8.90. The molecular weight excluding hydrogens is 456 g/mol. The highest BCUT2D eigenvalue weighted by atomic mass is 32.2. The summed E-state index contributed by atoms with van der Waals surface area (Å²) in [6, 6.07) is 14.8. The van der Waals surface area contributed by atoms with Gasteiger partial charge in [-0.3, -0.25) is 14.4 Å². The number of carbonyl (C=O) groups is 3. The number of amides is 1. The first kappa shape index (κ1) is 22.1. The minimum atomic E-state index is -0.603. The van der Waals surface area contributed by atoms with Crippen LogP contribution in [0.4, 0.5) is 5.69 Å². The average Bonchev–Trinajstić information content (AvgIpc) is 3.41. The number of para-hydroxylation sites is 1. The minimum absolute atomic E-state index is 0.117. The highest BCUT2D eigenvalue weighted by Crippen LogP contribution is 2.37. The summed E-state index contributed by atoms with van der Waals surface area (Å²) < 4.78 is 18.0. The van der Waals surface area contributed by atoms with E-state index in [9.17, 15) is 14.4 Å². The van der Waals surface area contributed by atoms with Gasteiger partial charge >= 0.3 is 5.97 Å². The number of nitrogens with one attached hydrogen (secondary N) is 1. The summed E-state index contributed by atoms with van der Waals surface area (Å²) in [4.78, 5) is 38.5. The number of hydrogen-bond acceptors (Lipinski definition) is 7. The number of anilines is 1. The third-order valence-corrected chi connectivity index (χ3v) is 7.04. The Balaban J connectivity index is 1.23. The van der Waals surface area contributed by atoms with E-state index < -0.39 is 11.2 Å². The normalized spacial score (nSPS) is 16.1. The van der Waals surface area contributed by atoms with E-state index in [-0.39, 0.29) is 31.5 Å². The Labute approximate surface area is 200 Å². The van der Waals surface area contributed by atoms with Gasteiger partial charge in [0.15, 0.2) is 18.1 Å². The monoisotopic (exact) mass is 478 g/mol. The summed E-state index contributed by atoms with van der Waals surface area (Å²) in [6.07, 6.45) is -0.117. The van der Waals surface area contributed by atoms with Crippen LogP contribution in [0.2, 0.25) is 0 Å². The highest BCUT2D eigenvalue weighted by Gasteiger charge is 2.30. The summed E-state index contributed by atoms with van der Waals surface area (Å²) in [5.41, 5.74) is 3.64. The van der Waals surface area contributed by atoms with Gasteiger partial charge in [-0.2, -0.15) is 0 Å². The van der Waals surface area contributed by atoms with Gasteiger partial charge in [0.05, 0.1) is 17.4 Å². The van der Waals surface area contributed by atoms with Crippen molar-refractivity contribution >= 4 is 35.1 Å². The zero-order valence-electron chi connectivity index (χ0n) is 18.6. The zero-order chi connectivity index (χ0) is 23.8. The fourth-order valence-electron chi connectivity index (χ4n) is 4.13. The largest absolute Gasteiger partial charge is 0.457 e. The van der Waals surface area contributed by atoms with E-state index >= 15 is 0 Å². The Morgan fingerprint density at radius 1 is 1.12 bits per heavy atom. The molecule has 174 valence electrons. The molecule has 1 unspecified atom stereocenters. The Morgan fingerprint density at radius 2 is 1.91 bits per heavy atom. The zero-order valence-corrected chi connectivity index (χ0v) is 19.4. The van der Waals surface area contributed by atoms with Gasteiger partial charge in [0.25, 0.3) is 0 Å². The van der Waals surface area contributed by atoms with Crippen LogP contribution in [0, 0.1) is 13.8 Å². The molecule has 34 heavy (non-hydrogen) atoms. The van der Waals surface area contributed by atoms with E-state index in [4.69, 9.17) is 14.2 Å². The topological polar surface area (TPSA) is 95.9 Å². The molecule has 0 radical (unpaired) electrons. The van der Waals surface area contributed by atoms with E-state index in [1.807, 2.05) is 60.9 Å². The standard InChI is InChI=1S/C25H22N2O6S/c1-14-9-17(15(2)27(14)16-7-8-20-21(10-16)33-13-32-20)19(28)12-31-24(29)11-23-25(30)26-18-5-3-4-6-22(18)34-23/h3-10,23H,11-13H2,1-2H3,(H,26,30). The van der Waals surface area contributed by atoms with Gasteiger partial charge in [-0.1, -0.05) is 12.1 Å². The lowest BCUT2D eigenvalue weighted by Crippen LogP contribution is -2.31. The predicted molar refractivity (Wildman–Crippen MR) is 126 cm³/mol. The number of aromatic nitrogens is 1. The molecule has 2 aliphatic rings. The second-order valence-corrected chi connectivity index (χ2v) is 9.28. The molecule has 2 aliphatic heterocycles. The summed E-state index contributed by atoms with van der Waals surface area (Å²) in [5, 5.41) is 2.20. The molecule has 0 aliphatic carbocycles. The van der Waals surface area contributed by atoms with E-state index in [0.717, 1.165) is 27.7 Å². The number of fused-ring (bicyclic) bond motifs is 2. The van der Waals surface area contributed by atoms with Gasteiger partial charge in [-0.05, 0) is 44.2 Å². The van der Waals surface area contributed by atoms with Gasteiger partial charge < -0.3 is 24.1 Å². The molecule has 8 nitrogen and oxygen atoms in total. The third kappa shape index (κ3) is 4.14. The van der Waals surface area contributed by atoms with Crippen molar-refractivity contribution < 1.29 is 28.6 Å². The van der Waals surface area contributed by atoms with E-state index in [1.54, 1.807) is 6.07 Å². The molecule has 0 fully saturated rings. The lowest BCUT2D eigenvalue weighted by atomic mass is 10.1. The van der Waals surface area contributed by atoms with Crippen LogP contribution in [-0.2, 0) is 14.3 Å². The lowest BCUT2D eigenvalue weighted by molar-refractivity contribution is -0.143. The van der Waals surface area contributed by atoms with E-state index in [0.29, 0.717) is 17.1 Å². The lowest BCUT2D eigenvalue weighted by Gasteiger charge is -2.23. The molecule has 1 amide bonds. The Bertz CT molecular complexity index is 1310. The van der Waals surface area contributed by atoms with Crippen molar-refractivity contribution in [2.45, 2.75) is 30.4 Å². The summed E-state index contributed by atoms with van der Waals surface area (Å²) >= 11 is 1.32. The van der Waals surface area contributed by atoms with Crippen molar-refractivity contribution in [3.05, 3.63) is 65.5 Å². The molecule has 0 saturated carbocycles. The van der Waals surface area contributed by atoms with Crippen LogP contribution in [0.5, 0.6) is 11.5 Å². The van der Waals surface area contributed by atoms with E-state index in [2.05, 4.69) is 5.32 Å². The Morgan fingerprint density at radius 3 is 2.76 bits per heavy atom. The maximum Gasteiger partial charge on any atom is 0.307 e. The summed E-state index contributed by atoms with van der Waals surface area (Å²) in [6.45, 7) is 3.54. The molecule has 3 aromatic rings. The first-order valence-electron chi connectivity index (χ1n) is 10.7. The second-order valence-electron chi connectivity index (χ2n) is 8.04. The molecule has 1 N–H and O–H groups in total. The van der Waals surface area contributed by atoms with Crippen molar-refractivity contribution in [2.75, 3.05) is 18.7 Å². The number of nitrogens with zero attached hydrogens (tertiary/aromatic N) is 1. The van der Waals surface area contributed by atoms with Crippen LogP contribution in [0.3, 0.4) is 0 Å². The van der Waals surface area contributed by atoms with Crippen LogP contribution in [0.1, 0.15) is 28.2 Å². The fourth-order valence-corrected chi connectivity index (χ4v) is 5.22. The van der Waals surface area contributed by atoms with Crippen LogP contribution in [0.15, 0.2) is 53.4 Å². The van der Waals surface area contributed by atoms with Crippen LogP contribution in [-0.4, -0.2) is 40.9 Å². The SMILES string of the molecule is Cc1cc(C(=O)COC(=O)CC2Sc3ccccc3NC2=O)c(C)n1-c1ccc2c(c1)OCO2. The molecule has 1 aromatic heterocycles. The van der Waals surface area contributed by atoms with Crippen LogP contribution in [0.25, 0.3) is 5.69 Å². The van der Waals surface area contributed by atoms with Crippen molar-refractivity contribution in [3.8, 4) is 17.2 Å². The Kier molecular flexibility index (Phi) is 5.79. The third-order valence-electron chi connectivity index (χ3n) is 5.77. The molecule has 0 spiro atoms. The minimum Gasteiger partial charge on any atom is -0.457 e. The smallest absolute Gasteiger partial charge is 0.307 e. The maximum absolute atomic E-state index is 12.9. The number of Topliss-reactive ketones (excluding diaryl/α,β-unsaturated/α-hetero) is 1. The summed E-state index contributed by atoms with van der Waals surface area (Å²) in [5.74, 6) is 0.186. The molecule has 0 saturated heterocycles. The number of thioether (sulfide) groups is 1. The first-order chi connectivity index (χ1) is 16.4. The number of ether oxygens (including phenoxy) is 3. The number of hydrogen-bond donors (Lipinski definition) is 1. The average molecular weight is 479 g/mol. The molecule has 3 heterocycles. The van der Waals surface area contributed by atoms with Gasteiger partial charge in [-0.25, -0.2) is 0 Å². The number of carbonyl (C=O) groups excluding carboxylic acids is 3. The fraction of sp³-hybridized carbons (Fsp3) is 0.240. The molecule has 1 atom stereocenters. The number of ketones is 1. The van der Waals surface area contributed by atoms with Crippen molar-refractivity contribution in [1.29, 1.82) is 0 Å². The molecule has 5 rings (SSSR count). The molecule has 2 aromatic carbocycles. The molecule has 0 bridgehead atoms. The number of rotatable bonds is 6. The van der Waals surface area contributed by atoms with Crippen molar-refractivity contribution in [2.24, 2.45) is 0 Å². The molecular formula is C25H22N2O6S. The Hall–Kier alpha value is -3.72. The summed E-state index contributed by atoms with van der Waals surface area (Å²) in [7, 11) is 0. The molecule has 9 heteroatoms. The van der Waals surface area contributed by atoms with E-state index in [1.165, 1.54) is 11.8 Å². The number of esters is 1. The van der Waals surface area contributed by atoms with Gasteiger partial charge in [-0.15, -0.1) is 11.8 Å². The van der Waals surface area contributed by atoms with Crippen molar-refractivity contribution in [1.82, 2.24) is 4.57 Å². The quantitative estimate of drug-likeness (QED) is 0.422. The number of benzene rings is 2. The number of aryl methyl sites for hydroxylation is 1.